The van der Waals surface area contributed by atoms with Crippen LogP contribution >= 0.6 is 11.3 Å². The molecule has 124 valence electrons. The van der Waals surface area contributed by atoms with Crippen molar-refractivity contribution in [2.45, 2.75) is 6.04 Å². The largest absolute Gasteiger partial charge is 0.496 e. The standard InChI is InChI=1S/C20H22N2OS/c1-23-17-9-8-15-5-2-3-6-16(15)19(17)20(18-7-4-14-24-18)22-12-10-21-11-13-22/h2-9,14,20-21H,10-13H2,1H3/t20-/m0/s1. The van der Waals surface area contributed by atoms with Gasteiger partial charge in [0.05, 0.1) is 13.2 Å². The smallest absolute Gasteiger partial charge is 0.124 e. The van der Waals surface area contributed by atoms with E-state index >= 15 is 0 Å². The Balaban J connectivity index is 1.93. The molecule has 1 fully saturated rings. The molecule has 1 aromatic heterocycles. The number of hydrogen-bond donors (Lipinski definition) is 1. The van der Waals surface area contributed by atoms with Crippen molar-refractivity contribution in [3.8, 4) is 5.75 Å². The van der Waals surface area contributed by atoms with Crippen LogP contribution < -0.4 is 10.1 Å². The van der Waals surface area contributed by atoms with E-state index in [1.807, 2.05) is 11.3 Å². The fourth-order valence-electron chi connectivity index (χ4n) is 3.63. The van der Waals surface area contributed by atoms with E-state index in [1.54, 1.807) is 7.11 Å². The Morgan fingerprint density at radius 1 is 1.04 bits per heavy atom. The minimum atomic E-state index is 0.244. The maximum Gasteiger partial charge on any atom is 0.124 e. The fraction of sp³-hybridized carbons (Fsp3) is 0.300. The van der Waals surface area contributed by atoms with E-state index in [4.69, 9.17) is 4.74 Å². The maximum atomic E-state index is 5.79. The molecule has 0 radical (unpaired) electrons. The molecule has 1 N–H and O–H groups in total. The number of benzene rings is 2. The van der Waals surface area contributed by atoms with E-state index in [-0.39, 0.29) is 6.04 Å². The predicted molar refractivity (Wildman–Crippen MR) is 101 cm³/mol. The maximum absolute atomic E-state index is 5.79. The number of nitrogens with zero attached hydrogens (tertiary/aromatic N) is 1. The lowest BCUT2D eigenvalue weighted by atomic mass is 9.95. The first-order chi connectivity index (χ1) is 11.9. The molecule has 4 rings (SSSR count). The van der Waals surface area contributed by atoms with Gasteiger partial charge in [0.25, 0.3) is 0 Å². The van der Waals surface area contributed by atoms with Gasteiger partial charge < -0.3 is 10.1 Å². The van der Waals surface area contributed by atoms with Gasteiger partial charge in [-0.05, 0) is 28.3 Å². The zero-order valence-corrected chi connectivity index (χ0v) is 14.7. The van der Waals surface area contributed by atoms with E-state index in [0.717, 1.165) is 31.9 Å². The lowest BCUT2D eigenvalue weighted by molar-refractivity contribution is 0.198. The molecule has 1 saturated heterocycles. The minimum Gasteiger partial charge on any atom is -0.496 e. The average Bonchev–Trinajstić information content (AvgIpc) is 3.17. The third kappa shape index (κ3) is 2.81. The van der Waals surface area contributed by atoms with Crippen LogP contribution in [-0.2, 0) is 0 Å². The third-order valence-corrected chi connectivity index (χ3v) is 5.68. The second kappa shape index (κ2) is 6.93. The van der Waals surface area contributed by atoms with Crippen LogP contribution in [0.15, 0.2) is 53.9 Å². The molecular formula is C20H22N2OS. The molecule has 0 amide bonds. The number of ether oxygens (including phenoxy) is 1. The molecule has 0 aliphatic carbocycles. The Labute approximate surface area is 146 Å². The molecule has 2 aromatic carbocycles. The molecule has 1 aliphatic rings. The van der Waals surface area contributed by atoms with Gasteiger partial charge in [-0.15, -0.1) is 11.3 Å². The highest BCUT2D eigenvalue weighted by molar-refractivity contribution is 7.10. The van der Waals surface area contributed by atoms with E-state index in [9.17, 15) is 0 Å². The topological polar surface area (TPSA) is 24.5 Å². The Bertz CT molecular complexity index is 810. The number of nitrogens with one attached hydrogen (secondary N) is 1. The van der Waals surface area contributed by atoms with Crippen molar-refractivity contribution in [3.63, 3.8) is 0 Å². The lowest BCUT2D eigenvalue weighted by Gasteiger charge is -2.36. The normalized spacial score (nSPS) is 17.0. The minimum absolute atomic E-state index is 0.244. The zero-order chi connectivity index (χ0) is 16.4. The summed E-state index contributed by atoms with van der Waals surface area (Å²) in [5, 5.41) is 8.19. The molecule has 0 unspecified atom stereocenters. The molecule has 4 heteroatoms. The van der Waals surface area contributed by atoms with Crippen molar-refractivity contribution in [1.29, 1.82) is 0 Å². The van der Waals surface area contributed by atoms with Gasteiger partial charge in [0.15, 0.2) is 0 Å². The van der Waals surface area contributed by atoms with Gasteiger partial charge in [0.2, 0.25) is 0 Å². The molecule has 1 aliphatic heterocycles. The Hall–Kier alpha value is -1.88. The molecule has 24 heavy (non-hydrogen) atoms. The number of methoxy groups -OCH3 is 1. The highest BCUT2D eigenvalue weighted by atomic mass is 32.1. The van der Waals surface area contributed by atoms with Crippen LogP contribution in [0.5, 0.6) is 5.75 Å². The van der Waals surface area contributed by atoms with Crippen LogP contribution in [0, 0.1) is 0 Å². The van der Waals surface area contributed by atoms with Crippen LogP contribution in [0.2, 0.25) is 0 Å². The first kappa shape index (κ1) is 15.6. The molecule has 0 spiro atoms. The van der Waals surface area contributed by atoms with Gasteiger partial charge in [0, 0.05) is 36.6 Å². The van der Waals surface area contributed by atoms with Gasteiger partial charge in [-0.2, -0.15) is 0 Å². The summed E-state index contributed by atoms with van der Waals surface area (Å²) in [6.07, 6.45) is 0. The molecule has 3 aromatic rings. The number of fused-ring (bicyclic) bond motifs is 1. The van der Waals surface area contributed by atoms with Gasteiger partial charge in [0.1, 0.15) is 5.75 Å². The zero-order valence-electron chi connectivity index (χ0n) is 13.9. The SMILES string of the molecule is COc1ccc2ccccc2c1[C@H](c1cccs1)N1CCNCC1. The van der Waals surface area contributed by atoms with Gasteiger partial charge >= 0.3 is 0 Å². The third-order valence-electron chi connectivity index (χ3n) is 4.75. The van der Waals surface area contributed by atoms with Crippen molar-refractivity contribution in [1.82, 2.24) is 10.2 Å². The van der Waals surface area contributed by atoms with Crippen molar-refractivity contribution < 1.29 is 4.74 Å². The summed E-state index contributed by atoms with van der Waals surface area (Å²) in [5.41, 5.74) is 1.29. The second-order valence-electron chi connectivity index (χ2n) is 6.11. The molecule has 2 heterocycles. The van der Waals surface area contributed by atoms with E-state index < -0.39 is 0 Å². The fourth-order valence-corrected chi connectivity index (χ4v) is 4.49. The number of thiophene rings is 1. The summed E-state index contributed by atoms with van der Waals surface area (Å²) in [6.45, 7) is 4.17. The first-order valence-corrected chi connectivity index (χ1v) is 9.30. The summed E-state index contributed by atoms with van der Waals surface area (Å²) in [6, 6.07) is 17.5. The summed E-state index contributed by atoms with van der Waals surface area (Å²) >= 11 is 1.83. The molecule has 1 atom stereocenters. The molecular weight excluding hydrogens is 316 g/mol. The highest BCUT2D eigenvalue weighted by Crippen LogP contribution is 2.41. The predicted octanol–water partition coefficient (Wildman–Crippen LogP) is 3.90. The summed E-state index contributed by atoms with van der Waals surface area (Å²) in [5.74, 6) is 0.977. The van der Waals surface area contributed by atoms with E-state index in [1.165, 1.54) is 21.2 Å². The molecule has 0 saturated carbocycles. The Kier molecular flexibility index (Phi) is 4.52. The van der Waals surface area contributed by atoms with Gasteiger partial charge in [-0.25, -0.2) is 0 Å². The van der Waals surface area contributed by atoms with Crippen molar-refractivity contribution in [2.75, 3.05) is 33.3 Å². The van der Waals surface area contributed by atoms with Crippen molar-refractivity contribution >= 4 is 22.1 Å². The monoisotopic (exact) mass is 338 g/mol. The Morgan fingerprint density at radius 2 is 1.88 bits per heavy atom. The van der Waals surface area contributed by atoms with Crippen molar-refractivity contribution in [2.24, 2.45) is 0 Å². The summed E-state index contributed by atoms with van der Waals surface area (Å²) in [7, 11) is 1.77. The van der Waals surface area contributed by atoms with Crippen LogP contribution in [0.25, 0.3) is 10.8 Å². The van der Waals surface area contributed by atoms with Crippen molar-refractivity contribution in [3.05, 3.63) is 64.4 Å². The number of hydrogen-bond acceptors (Lipinski definition) is 4. The van der Waals surface area contributed by atoms with Crippen LogP contribution in [0.3, 0.4) is 0 Å². The first-order valence-electron chi connectivity index (χ1n) is 8.42. The molecule has 0 bridgehead atoms. The lowest BCUT2D eigenvalue weighted by Crippen LogP contribution is -2.45. The molecule has 3 nitrogen and oxygen atoms in total. The highest BCUT2D eigenvalue weighted by Gasteiger charge is 2.28. The van der Waals surface area contributed by atoms with Gasteiger partial charge in [-0.1, -0.05) is 36.4 Å². The summed E-state index contributed by atoms with van der Waals surface area (Å²) < 4.78 is 5.79. The van der Waals surface area contributed by atoms with E-state index in [0.29, 0.717) is 0 Å². The number of rotatable bonds is 4. The van der Waals surface area contributed by atoms with Crippen LogP contribution in [0.4, 0.5) is 0 Å². The van der Waals surface area contributed by atoms with Crippen LogP contribution in [0.1, 0.15) is 16.5 Å². The van der Waals surface area contributed by atoms with E-state index in [2.05, 4.69) is 64.1 Å². The Morgan fingerprint density at radius 3 is 2.62 bits per heavy atom. The second-order valence-corrected chi connectivity index (χ2v) is 7.09. The number of piperazine rings is 1. The van der Waals surface area contributed by atoms with Gasteiger partial charge in [-0.3, -0.25) is 4.90 Å². The average molecular weight is 338 g/mol. The quantitative estimate of drug-likeness (QED) is 0.781. The summed E-state index contributed by atoms with van der Waals surface area (Å²) in [4.78, 5) is 3.96. The van der Waals surface area contributed by atoms with Crippen LogP contribution in [-0.4, -0.2) is 38.2 Å².